The van der Waals surface area contributed by atoms with Crippen molar-refractivity contribution in [2.75, 3.05) is 0 Å². The Balaban J connectivity index is 1.80. The number of hydrogen-bond acceptors (Lipinski definition) is 3. The number of amides is 1. The van der Waals surface area contributed by atoms with E-state index in [2.05, 4.69) is 42.4 Å². The number of aryl methyl sites for hydroxylation is 1. The third-order valence-corrected chi connectivity index (χ3v) is 5.39. The van der Waals surface area contributed by atoms with Crippen LogP contribution in [0.25, 0.3) is 5.69 Å². The first-order chi connectivity index (χ1) is 13.3. The first-order valence-corrected chi connectivity index (χ1v) is 9.83. The number of halogens is 3. The molecule has 0 unspecified atom stereocenters. The number of aromatic hydroxyl groups is 1. The van der Waals surface area contributed by atoms with Gasteiger partial charge in [0.15, 0.2) is 0 Å². The third-order valence-electron chi connectivity index (χ3n) is 4.18. The fraction of sp³-hybridized carbons (Fsp3) is 0.100. The van der Waals surface area contributed by atoms with Gasteiger partial charge in [-0.05, 0) is 93.7 Å². The van der Waals surface area contributed by atoms with Gasteiger partial charge in [0.25, 0.3) is 5.91 Å². The van der Waals surface area contributed by atoms with Gasteiger partial charge in [0, 0.05) is 17.1 Å². The van der Waals surface area contributed by atoms with E-state index >= 15 is 0 Å². The number of rotatable bonds is 4. The van der Waals surface area contributed by atoms with Crippen LogP contribution in [0, 0.1) is 19.7 Å². The molecule has 0 saturated carbocycles. The van der Waals surface area contributed by atoms with Crippen LogP contribution >= 0.6 is 31.9 Å². The normalized spacial score (nSPS) is 11.2. The number of hydrogen-bond donors (Lipinski definition) is 2. The van der Waals surface area contributed by atoms with Crippen molar-refractivity contribution in [3.63, 3.8) is 0 Å². The van der Waals surface area contributed by atoms with Gasteiger partial charge >= 0.3 is 0 Å². The summed E-state index contributed by atoms with van der Waals surface area (Å²) in [5.74, 6) is -0.574. The Morgan fingerprint density at radius 3 is 2.36 bits per heavy atom. The summed E-state index contributed by atoms with van der Waals surface area (Å²) in [6, 6.07) is 11.2. The van der Waals surface area contributed by atoms with Gasteiger partial charge in [0.1, 0.15) is 11.6 Å². The van der Waals surface area contributed by atoms with E-state index < -0.39 is 0 Å². The lowest BCUT2D eigenvalue weighted by molar-refractivity contribution is 0.0954. The SMILES string of the molecule is Cc1cc(C(=O)NN=Cc2cc(Br)c(O)c(Br)c2)c(C)n1-c1ccc(F)cc1. The number of phenolic OH excluding ortho intramolecular Hbond substituents is 1. The third kappa shape index (κ3) is 4.18. The van der Waals surface area contributed by atoms with Crippen molar-refractivity contribution in [2.24, 2.45) is 5.10 Å². The molecule has 8 heteroatoms. The van der Waals surface area contributed by atoms with Crippen molar-refractivity contribution in [2.45, 2.75) is 13.8 Å². The maximum absolute atomic E-state index is 13.2. The van der Waals surface area contributed by atoms with Crippen molar-refractivity contribution in [1.29, 1.82) is 0 Å². The lowest BCUT2D eigenvalue weighted by Gasteiger charge is -2.09. The zero-order valence-corrected chi connectivity index (χ0v) is 18.2. The molecular formula is C20H16Br2FN3O2. The molecular weight excluding hydrogens is 493 g/mol. The number of nitrogens with one attached hydrogen (secondary N) is 1. The van der Waals surface area contributed by atoms with Gasteiger partial charge in [-0.3, -0.25) is 4.79 Å². The van der Waals surface area contributed by atoms with Gasteiger partial charge in [0.2, 0.25) is 0 Å². The molecule has 5 nitrogen and oxygen atoms in total. The lowest BCUT2D eigenvalue weighted by atomic mass is 10.2. The second-order valence-electron chi connectivity index (χ2n) is 6.13. The van der Waals surface area contributed by atoms with E-state index in [1.54, 1.807) is 30.3 Å². The molecule has 2 N–H and O–H groups in total. The Labute approximate surface area is 178 Å². The van der Waals surface area contributed by atoms with Gasteiger partial charge in [-0.25, -0.2) is 9.82 Å². The summed E-state index contributed by atoms with van der Waals surface area (Å²) in [7, 11) is 0. The van der Waals surface area contributed by atoms with Crippen LogP contribution in [0.3, 0.4) is 0 Å². The van der Waals surface area contributed by atoms with Crippen LogP contribution < -0.4 is 5.43 Å². The molecule has 0 bridgehead atoms. The molecule has 0 aliphatic carbocycles. The minimum Gasteiger partial charge on any atom is -0.506 e. The van der Waals surface area contributed by atoms with E-state index in [-0.39, 0.29) is 17.5 Å². The second kappa shape index (κ2) is 8.28. The molecule has 144 valence electrons. The monoisotopic (exact) mass is 507 g/mol. The smallest absolute Gasteiger partial charge is 0.273 e. The predicted octanol–water partition coefficient (Wildman–Crippen LogP) is 5.23. The summed E-state index contributed by atoms with van der Waals surface area (Å²) in [5, 5.41) is 13.7. The highest BCUT2D eigenvalue weighted by atomic mass is 79.9. The van der Waals surface area contributed by atoms with E-state index in [1.807, 2.05) is 18.4 Å². The number of hydrazone groups is 1. The number of phenols is 1. The molecule has 3 aromatic rings. The number of carbonyl (C=O) groups excluding carboxylic acids is 1. The number of aromatic nitrogens is 1. The van der Waals surface area contributed by atoms with Crippen LogP contribution in [-0.2, 0) is 0 Å². The molecule has 0 spiro atoms. The van der Waals surface area contributed by atoms with Gasteiger partial charge in [0.05, 0.1) is 20.7 Å². The van der Waals surface area contributed by atoms with Crippen LogP contribution in [0.2, 0.25) is 0 Å². The van der Waals surface area contributed by atoms with Crippen molar-refractivity contribution < 1.29 is 14.3 Å². The minimum atomic E-state index is -0.352. The zero-order valence-electron chi connectivity index (χ0n) is 15.0. The molecule has 0 radical (unpaired) electrons. The Morgan fingerprint density at radius 2 is 1.75 bits per heavy atom. The van der Waals surface area contributed by atoms with E-state index in [0.717, 1.165) is 17.1 Å². The highest BCUT2D eigenvalue weighted by molar-refractivity contribution is 9.11. The van der Waals surface area contributed by atoms with Crippen LogP contribution in [-0.4, -0.2) is 21.8 Å². The average molecular weight is 509 g/mol. The molecule has 1 aromatic heterocycles. The van der Waals surface area contributed by atoms with Crippen molar-refractivity contribution >= 4 is 44.0 Å². The predicted molar refractivity (Wildman–Crippen MR) is 114 cm³/mol. The number of nitrogens with zero attached hydrogens (tertiary/aromatic N) is 2. The summed E-state index contributed by atoms with van der Waals surface area (Å²) in [6.07, 6.45) is 1.48. The zero-order chi connectivity index (χ0) is 20.4. The van der Waals surface area contributed by atoms with E-state index in [1.165, 1.54) is 18.3 Å². The molecule has 0 saturated heterocycles. The summed E-state index contributed by atoms with van der Waals surface area (Å²) in [5.41, 5.74) is 6.03. The maximum Gasteiger partial charge on any atom is 0.273 e. The topological polar surface area (TPSA) is 66.6 Å². The maximum atomic E-state index is 13.2. The van der Waals surface area contributed by atoms with Crippen molar-refractivity contribution in [3.8, 4) is 11.4 Å². The molecule has 0 fully saturated rings. The molecule has 1 heterocycles. The highest BCUT2D eigenvalue weighted by Crippen LogP contribution is 2.32. The molecule has 0 atom stereocenters. The highest BCUT2D eigenvalue weighted by Gasteiger charge is 2.16. The fourth-order valence-electron chi connectivity index (χ4n) is 2.87. The van der Waals surface area contributed by atoms with Crippen LogP contribution in [0.4, 0.5) is 4.39 Å². The molecule has 0 aliphatic rings. The van der Waals surface area contributed by atoms with Crippen molar-refractivity contribution in [3.05, 3.63) is 79.7 Å². The number of carbonyl (C=O) groups is 1. The van der Waals surface area contributed by atoms with E-state index in [0.29, 0.717) is 20.1 Å². The van der Waals surface area contributed by atoms with Crippen LogP contribution in [0.15, 0.2) is 56.5 Å². The van der Waals surface area contributed by atoms with Gasteiger partial charge in [-0.15, -0.1) is 0 Å². The largest absolute Gasteiger partial charge is 0.506 e. The van der Waals surface area contributed by atoms with Gasteiger partial charge in [-0.1, -0.05) is 0 Å². The van der Waals surface area contributed by atoms with Gasteiger partial charge < -0.3 is 9.67 Å². The van der Waals surface area contributed by atoms with E-state index in [9.17, 15) is 14.3 Å². The second-order valence-corrected chi connectivity index (χ2v) is 7.84. The molecule has 0 aliphatic heterocycles. The molecule has 2 aromatic carbocycles. The van der Waals surface area contributed by atoms with Crippen LogP contribution in [0.1, 0.15) is 27.3 Å². The van der Waals surface area contributed by atoms with Gasteiger partial charge in [-0.2, -0.15) is 5.10 Å². The first-order valence-electron chi connectivity index (χ1n) is 8.24. The standard InChI is InChI=1S/C20H16Br2FN3O2/c1-11-7-16(12(2)26(11)15-5-3-14(23)4-6-15)20(28)25-24-10-13-8-17(21)19(27)18(22)9-13/h3-10,27H,1-2H3,(H,25,28). The Kier molecular flexibility index (Phi) is 6.00. The Morgan fingerprint density at radius 1 is 1.14 bits per heavy atom. The lowest BCUT2D eigenvalue weighted by Crippen LogP contribution is -2.18. The summed E-state index contributed by atoms with van der Waals surface area (Å²) in [6.45, 7) is 3.70. The first kappa shape index (κ1) is 20.3. The quantitative estimate of drug-likeness (QED) is 0.374. The summed E-state index contributed by atoms with van der Waals surface area (Å²) < 4.78 is 16.1. The van der Waals surface area contributed by atoms with E-state index in [4.69, 9.17) is 0 Å². The summed E-state index contributed by atoms with van der Waals surface area (Å²) >= 11 is 6.49. The molecule has 1 amide bonds. The fourth-order valence-corrected chi connectivity index (χ4v) is 4.09. The number of benzene rings is 2. The van der Waals surface area contributed by atoms with Crippen molar-refractivity contribution in [1.82, 2.24) is 9.99 Å². The minimum absolute atomic E-state index is 0.0921. The Hall–Kier alpha value is -2.45. The van der Waals surface area contributed by atoms with Crippen LogP contribution in [0.5, 0.6) is 5.75 Å². The average Bonchev–Trinajstić information content (AvgIpc) is 2.95. The Bertz CT molecular complexity index is 1050. The summed E-state index contributed by atoms with van der Waals surface area (Å²) in [4.78, 5) is 12.5. The molecule has 28 heavy (non-hydrogen) atoms. The molecule has 3 rings (SSSR count).